The Kier molecular flexibility index (Phi) is 5.63. The molecule has 2 N–H and O–H groups in total. The van der Waals surface area contributed by atoms with E-state index in [4.69, 9.17) is 4.42 Å². The number of anilines is 2. The largest absolute Gasteiger partial charge is 0.459 e. The molecule has 28 heavy (non-hydrogen) atoms. The van der Waals surface area contributed by atoms with E-state index in [-0.39, 0.29) is 10.7 Å². The third-order valence-electron chi connectivity index (χ3n) is 3.68. The minimum Gasteiger partial charge on any atom is -0.459 e. The lowest BCUT2D eigenvalue weighted by atomic mass is 10.3. The normalized spacial score (nSPS) is 11.4. The summed E-state index contributed by atoms with van der Waals surface area (Å²) in [5.74, 6) is -0.665. The monoisotopic (exact) mass is 419 g/mol. The molecule has 0 aliphatic rings. The van der Waals surface area contributed by atoms with Crippen molar-refractivity contribution in [1.29, 1.82) is 0 Å². The number of hydrogen-bond donors (Lipinski definition) is 2. The standard InChI is InChI=1S/C18H17N3O5S2/c1-21(2)28(24,25)13-6-3-5-12(11-13)19-18(23)15-8-9-16(27-15)20-17(22)14-7-4-10-26-14/h3-11H,1-2H3,(H,19,23)(H,20,22). The van der Waals surface area contributed by atoms with Crippen molar-refractivity contribution in [2.45, 2.75) is 4.90 Å². The van der Waals surface area contributed by atoms with Crippen LogP contribution in [0.3, 0.4) is 0 Å². The van der Waals surface area contributed by atoms with Crippen molar-refractivity contribution < 1.29 is 22.4 Å². The summed E-state index contributed by atoms with van der Waals surface area (Å²) in [6, 6.07) is 12.3. The van der Waals surface area contributed by atoms with Crippen LogP contribution in [0, 0.1) is 0 Å². The topological polar surface area (TPSA) is 109 Å². The lowest BCUT2D eigenvalue weighted by Gasteiger charge is -2.12. The molecule has 2 heterocycles. The summed E-state index contributed by atoms with van der Waals surface area (Å²) < 4.78 is 30.5. The number of carbonyl (C=O) groups is 2. The summed E-state index contributed by atoms with van der Waals surface area (Å²) in [6.45, 7) is 0. The number of thiophene rings is 1. The van der Waals surface area contributed by atoms with Gasteiger partial charge < -0.3 is 15.1 Å². The quantitative estimate of drug-likeness (QED) is 0.638. The maximum atomic E-state index is 12.4. The van der Waals surface area contributed by atoms with E-state index in [9.17, 15) is 18.0 Å². The predicted molar refractivity (Wildman–Crippen MR) is 106 cm³/mol. The van der Waals surface area contributed by atoms with Crippen LogP contribution in [0.15, 0.2) is 64.1 Å². The maximum absolute atomic E-state index is 12.4. The molecule has 2 aromatic heterocycles. The summed E-state index contributed by atoms with van der Waals surface area (Å²) in [4.78, 5) is 24.9. The zero-order valence-corrected chi connectivity index (χ0v) is 16.6. The number of nitrogens with one attached hydrogen (secondary N) is 2. The fourth-order valence-corrected chi connectivity index (χ4v) is 3.99. The van der Waals surface area contributed by atoms with Gasteiger partial charge in [-0.05, 0) is 42.5 Å². The van der Waals surface area contributed by atoms with Gasteiger partial charge in [-0.2, -0.15) is 0 Å². The smallest absolute Gasteiger partial charge is 0.291 e. The van der Waals surface area contributed by atoms with Crippen molar-refractivity contribution in [2.24, 2.45) is 0 Å². The van der Waals surface area contributed by atoms with E-state index in [2.05, 4.69) is 10.6 Å². The highest BCUT2D eigenvalue weighted by molar-refractivity contribution is 7.89. The maximum Gasteiger partial charge on any atom is 0.291 e. The molecule has 0 saturated carbocycles. The third-order valence-corrected chi connectivity index (χ3v) is 6.49. The van der Waals surface area contributed by atoms with E-state index in [0.717, 1.165) is 15.6 Å². The number of furan rings is 1. The van der Waals surface area contributed by atoms with E-state index < -0.39 is 21.8 Å². The van der Waals surface area contributed by atoms with Crippen LogP contribution in [-0.2, 0) is 10.0 Å². The fraction of sp³-hybridized carbons (Fsp3) is 0.111. The molecule has 0 spiro atoms. The van der Waals surface area contributed by atoms with Crippen LogP contribution in [0.5, 0.6) is 0 Å². The van der Waals surface area contributed by atoms with Gasteiger partial charge in [-0.25, -0.2) is 12.7 Å². The first kappa shape index (κ1) is 19.8. The summed E-state index contributed by atoms with van der Waals surface area (Å²) in [5, 5.41) is 5.79. The number of benzene rings is 1. The minimum absolute atomic E-state index is 0.0767. The highest BCUT2D eigenvalue weighted by Gasteiger charge is 2.18. The number of nitrogens with zero attached hydrogens (tertiary/aromatic N) is 1. The average molecular weight is 419 g/mol. The van der Waals surface area contributed by atoms with Gasteiger partial charge in [-0.15, -0.1) is 11.3 Å². The van der Waals surface area contributed by atoms with E-state index in [1.54, 1.807) is 30.3 Å². The summed E-state index contributed by atoms with van der Waals surface area (Å²) in [7, 11) is -0.732. The molecule has 8 nitrogen and oxygen atoms in total. The minimum atomic E-state index is -3.60. The molecule has 146 valence electrons. The predicted octanol–water partition coefficient (Wildman–Crippen LogP) is 3.10. The Morgan fingerprint density at radius 1 is 1.00 bits per heavy atom. The second-order valence-corrected chi connectivity index (χ2v) is 9.10. The number of sulfonamides is 1. The molecular formula is C18H17N3O5S2. The van der Waals surface area contributed by atoms with Crippen molar-refractivity contribution in [3.05, 3.63) is 65.4 Å². The van der Waals surface area contributed by atoms with Gasteiger partial charge in [0, 0.05) is 19.8 Å². The van der Waals surface area contributed by atoms with Gasteiger partial charge in [0.2, 0.25) is 10.0 Å². The Labute approximate surface area is 165 Å². The molecule has 3 aromatic rings. The zero-order valence-electron chi connectivity index (χ0n) is 15.0. The summed E-state index contributed by atoms with van der Waals surface area (Å²) in [6.07, 6.45) is 1.40. The van der Waals surface area contributed by atoms with Gasteiger partial charge in [0.1, 0.15) is 0 Å². The number of carbonyl (C=O) groups excluding carboxylic acids is 2. The average Bonchev–Trinajstić information content (AvgIpc) is 3.34. The first-order valence-electron chi connectivity index (χ1n) is 8.06. The molecule has 0 atom stereocenters. The van der Waals surface area contributed by atoms with E-state index >= 15 is 0 Å². The van der Waals surface area contributed by atoms with Gasteiger partial charge in [0.25, 0.3) is 11.8 Å². The van der Waals surface area contributed by atoms with Crippen molar-refractivity contribution in [1.82, 2.24) is 4.31 Å². The third kappa shape index (κ3) is 4.30. The highest BCUT2D eigenvalue weighted by Crippen LogP contribution is 2.24. The number of amides is 2. The van der Waals surface area contributed by atoms with Crippen LogP contribution in [-0.4, -0.2) is 38.6 Å². The molecule has 10 heteroatoms. The highest BCUT2D eigenvalue weighted by atomic mass is 32.2. The SMILES string of the molecule is CN(C)S(=O)(=O)c1cccc(NC(=O)c2ccc(NC(=O)c3ccco3)s2)c1. The molecule has 0 bridgehead atoms. The summed E-state index contributed by atoms with van der Waals surface area (Å²) in [5.41, 5.74) is 0.350. The number of hydrogen-bond acceptors (Lipinski definition) is 6. The van der Waals surface area contributed by atoms with Gasteiger partial charge in [0.15, 0.2) is 5.76 Å². The van der Waals surface area contributed by atoms with Crippen LogP contribution in [0.25, 0.3) is 0 Å². The van der Waals surface area contributed by atoms with Gasteiger partial charge in [0.05, 0.1) is 21.0 Å². The van der Waals surface area contributed by atoms with Crippen LogP contribution in [0.4, 0.5) is 10.7 Å². The van der Waals surface area contributed by atoms with Gasteiger partial charge >= 0.3 is 0 Å². The Morgan fingerprint density at radius 2 is 1.79 bits per heavy atom. The van der Waals surface area contributed by atoms with Crippen LogP contribution >= 0.6 is 11.3 Å². The van der Waals surface area contributed by atoms with E-state index in [1.807, 2.05) is 0 Å². The molecule has 0 radical (unpaired) electrons. The van der Waals surface area contributed by atoms with Gasteiger partial charge in [-0.3, -0.25) is 9.59 Å². The molecule has 2 amide bonds. The van der Waals surface area contributed by atoms with Crippen LogP contribution < -0.4 is 10.6 Å². The van der Waals surface area contributed by atoms with Crippen molar-refractivity contribution in [3.8, 4) is 0 Å². The van der Waals surface area contributed by atoms with Crippen LogP contribution in [0.1, 0.15) is 20.2 Å². The molecule has 1 aromatic carbocycles. The second-order valence-electron chi connectivity index (χ2n) is 5.86. The van der Waals surface area contributed by atoms with Crippen molar-refractivity contribution in [3.63, 3.8) is 0 Å². The summed E-state index contributed by atoms with van der Waals surface area (Å²) >= 11 is 1.09. The number of rotatable bonds is 6. The van der Waals surface area contributed by atoms with E-state index in [1.165, 1.54) is 38.6 Å². The van der Waals surface area contributed by atoms with E-state index in [0.29, 0.717) is 15.6 Å². The molecule has 0 unspecified atom stereocenters. The van der Waals surface area contributed by atoms with Gasteiger partial charge in [-0.1, -0.05) is 6.07 Å². The molecule has 0 fully saturated rings. The molecule has 0 saturated heterocycles. The Hall–Kier alpha value is -2.95. The molecule has 3 rings (SSSR count). The molecule has 0 aliphatic heterocycles. The van der Waals surface area contributed by atoms with Crippen molar-refractivity contribution >= 4 is 43.9 Å². The first-order valence-corrected chi connectivity index (χ1v) is 10.3. The Bertz CT molecular complexity index is 1100. The Morgan fingerprint density at radius 3 is 2.46 bits per heavy atom. The lowest BCUT2D eigenvalue weighted by Crippen LogP contribution is -2.22. The second kappa shape index (κ2) is 7.97. The molecule has 0 aliphatic carbocycles. The Balaban J connectivity index is 1.71. The first-order chi connectivity index (χ1) is 13.3. The molecular weight excluding hydrogens is 402 g/mol. The lowest BCUT2D eigenvalue weighted by molar-refractivity contribution is 0.0995. The van der Waals surface area contributed by atoms with Crippen molar-refractivity contribution in [2.75, 3.05) is 24.7 Å². The fourth-order valence-electron chi connectivity index (χ4n) is 2.25. The van der Waals surface area contributed by atoms with Crippen LogP contribution in [0.2, 0.25) is 0 Å². The zero-order chi connectivity index (χ0) is 20.3.